The van der Waals surface area contributed by atoms with Gasteiger partial charge in [-0.2, -0.15) is 0 Å². The Morgan fingerprint density at radius 1 is 1.11 bits per heavy atom. The number of amides is 2. The quantitative estimate of drug-likeness (QED) is 0.587. The van der Waals surface area contributed by atoms with Crippen molar-refractivity contribution in [3.63, 3.8) is 0 Å². The molecule has 0 aromatic rings. The average molecular weight is 264 g/mol. The topological polar surface area (TPSA) is 69.6 Å². The number of likely N-dealkylation sites (tertiary alicyclic amines) is 1. The van der Waals surface area contributed by atoms with Crippen LogP contribution in [-0.2, 0) is 9.59 Å². The lowest BCUT2D eigenvalue weighted by Crippen LogP contribution is -2.41. The highest BCUT2D eigenvalue weighted by atomic mass is 16.5. The number of carbonyl (C=O) groups is 2. The van der Waals surface area contributed by atoms with Crippen LogP contribution in [0.2, 0.25) is 0 Å². The zero-order valence-electron chi connectivity index (χ0n) is 11.0. The number of allylic oxidation sites excluding steroid dienone is 1. The first-order valence-corrected chi connectivity index (χ1v) is 7.20. The van der Waals surface area contributed by atoms with E-state index in [-0.39, 0.29) is 29.7 Å². The zero-order chi connectivity index (χ0) is 13.4. The van der Waals surface area contributed by atoms with Gasteiger partial charge in [-0.05, 0) is 31.8 Å². The van der Waals surface area contributed by atoms with E-state index in [1.54, 1.807) is 6.08 Å². The van der Waals surface area contributed by atoms with Crippen molar-refractivity contribution in [2.45, 2.75) is 51.0 Å². The Balaban J connectivity index is 1.83. The molecule has 1 aliphatic heterocycles. The first-order valence-electron chi connectivity index (χ1n) is 7.20. The molecule has 1 saturated heterocycles. The lowest BCUT2D eigenvalue weighted by Gasteiger charge is -2.29. The van der Waals surface area contributed by atoms with Gasteiger partial charge in [-0.15, -0.1) is 0 Å². The maximum Gasteiger partial charge on any atom is 0.237 e. The molecule has 0 radical (unpaired) electrons. The van der Waals surface area contributed by atoms with E-state index in [4.69, 9.17) is 5.21 Å². The van der Waals surface area contributed by atoms with Crippen LogP contribution in [0.4, 0.5) is 0 Å². The third-order valence-corrected chi connectivity index (χ3v) is 4.70. The summed E-state index contributed by atoms with van der Waals surface area (Å²) in [5.74, 6) is -0.617. The fourth-order valence-corrected chi connectivity index (χ4v) is 3.67. The van der Waals surface area contributed by atoms with Crippen molar-refractivity contribution in [2.24, 2.45) is 11.8 Å². The van der Waals surface area contributed by atoms with E-state index in [1.165, 1.54) is 11.3 Å². The fraction of sp³-hybridized carbons (Fsp3) is 0.714. The minimum atomic E-state index is -0.363. The van der Waals surface area contributed by atoms with Gasteiger partial charge in [0.05, 0.1) is 11.8 Å². The molecule has 2 aliphatic carbocycles. The molecule has 3 aliphatic rings. The third-order valence-electron chi connectivity index (χ3n) is 4.70. The summed E-state index contributed by atoms with van der Waals surface area (Å²) < 4.78 is 0. The van der Waals surface area contributed by atoms with E-state index in [1.807, 2.05) is 0 Å². The molecule has 0 unspecified atom stereocenters. The zero-order valence-corrected chi connectivity index (χ0v) is 11.0. The van der Waals surface area contributed by atoms with Crippen LogP contribution in [0.25, 0.3) is 0 Å². The summed E-state index contributed by atoms with van der Waals surface area (Å²) in [4.78, 5) is 26.4. The lowest BCUT2D eigenvalue weighted by molar-refractivity contribution is -0.143. The number of fused-ring (bicyclic) bond motifs is 1. The molecule has 19 heavy (non-hydrogen) atoms. The summed E-state index contributed by atoms with van der Waals surface area (Å²) in [6, 6.07) is 0.110. The van der Waals surface area contributed by atoms with Crippen LogP contribution in [0.5, 0.6) is 0 Å². The number of imide groups is 1. The molecule has 2 fully saturated rings. The molecule has 2 atom stereocenters. The van der Waals surface area contributed by atoms with Gasteiger partial charge in [-0.3, -0.25) is 25.2 Å². The van der Waals surface area contributed by atoms with E-state index >= 15 is 0 Å². The summed E-state index contributed by atoms with van der Waals surface area (Å²) in [6.07, 6.45) is 8.34. The molecule has 0 aromatic heterocycles. The Kier molecular flexibility index (Phi) is 3.31. The highest BCUT2D eigenvalue weighted by molar-refractivity contribution is 6.06. The molecule has 5 nitrogen and oxygen atoms in total. The van der Waals surface area contributed by atoms with Crippen LogP contribution in [0.15, 0.2) is 11.8 Å². The van der Waals surface area contributed by atoms with E-state index in [9.17, 15) is 9.59 Å². The van der Waals surface area contributed by atoms with Crippen molar-refractivity contribution in [1.29, 1.82) is 0 Å². The first kappa shape index (κ1) is 12.7. The third kappa shape index (κ3) is 2.06. The minimum Gasteiger partial charge on any atom is -0.291 e. The van der Waals surface area contributed by atoms with Gasteiger partial charge in [0.2, 0.25) is 11.8 Å². The number of nitrogens with one attached hydrogen (secondary N) is 1. The van der Waals surface area contributed by atoms with Gasteiger partial charge >= 0.3 is 0 Å². The molecule has 0 aromatic carbocycles. The average Bonchev–Trinajstić information content (AvgIpc) is 2.71. The molecule has 2 amide bonds. The lowest BCUT2D eigenvalue weighted by atomic mass is 9.85. The van der Waals surface area contributed by atoms with Gasteiger partial charge in [0.25, 0.3) is 0 Å². The normalized spacial score (nSPS) is 32.3. The molecule has 1 saturated carbocycles. The predicted molar refractivity (Wildman–Crippen MR) is 67.9 cm³/mol. The van der Waals surface area contributed by atoms with Crippen molar-refractivity contribution >= 4 is 11.8 Å². The van der Waals surface area contributed by atoms with Crippen LogP contribution in [0.1, 0.15) is 44.9 Å². The van der Waals surface area contributed by atoms with Crippen molar-refractivity contribution in [3.8, 4) is 0 Å². The Bertz CT molecular complexity index is 426. The van der Waals surface area contributed by atoms with Gasteiger partial charge in [-0.25, -0.2) is 0 Å². The number of hydrogen-bond acceptors (Lipinski definition) is 4. The van der Waals surface area contributed by atoms with Gasteiger partial charge in [0.15, 0.2) is 0 Å². The first-order chi connectivity index (χ1) is 9.22. The standard InChI is InChI=1S/C14H20N2O3/c17-13-11-7-6-9(15-19)8-12(11)14(18)16(13)10-4-2-1-3-5-10/h8,10-12,15,19H,1-7H2/t11-,12+/m1/s1. The Morgan fingerprint density at radius 2 is 1.84 bits per heavy atom. The molecule has 104 valence electrons. The van der Waals surface area contributed by atoms with Crippen LogP contribution in [-0.4, -0.2) is 28.0 Å². The second kappa shape index (κ2) is 4.96. The van der Waals surface area contributed by atoms with E-state index in [0.717, 1.165) is 25.7 Å². The van der Waals surface area contributed by atoms with Gasteiger partial charge in [0, 0.05) is 11.7 Å². The summed E-state index contributed by atoms with van der Waals surface area (Å²) in [7, 11) is 0. The SMILES string of the molecule is O=C1[C@H]2C=C(NO)CC[C@H]2C(=O)N1C1CCCCC1. The summed E-state index contributed by atoms with van der Waals surface area (Å²) >= 11 is 0. The van der Waals surface area contributed by atoms with Crippen LogP contribution < -0.4 is 5.48 Å². The van der Waals surface area contributed by atoms with Crippen molar-refractivity contribution in [1.82, 2.24) is 10.4 Å². The van der Waals surface area contributed by atoms with Crippen LogP contribution >= 0.6 is 0 Å². The van der Waals surface area contributed by atoms with Crippen molar-refractivity contribution in [2.75, 3.05) is 0 Å². The molecule has 1 heterocycles. The highest BCUT2D eigenvalue weighted by Crippen LogP contribution is 2.39. The van der Waals surface area contributed by atoms with E-state index < -0.39 is 0 Å². The smallest absolute Gasteiger partial charge is 0.237 e. The van der Waals surface area contributed by atoms with Crippen molar-refractivity contribution in [3.05, 3.63) is 11.8 Å². The number of carbonyl (C=O) groups excluding carboxylic acids is 2. The van der Waals surface area contributed by atoms with E-state index in [0.29, 0.717) is 18.5 Å². The molecule has 2 N–H and O–H groups in total. The predicted octanol–water partition coefficient (Wildman–Crippen LogP) is 1.58. The summed E-state index contributed by atoms with van der Waals surface area (Å²) in [5, 5.41) is 8.95. The second-order valence-corrected chi connectivity index (χ2v) is 5.81. The monoisotopic (exact) mass is 264 g/mol. The minimum absolute atomic E-state index is 0.00939. The van der Waals surface area contributed by atoms with Crippen LogP contribution in [0, 0.1) is 11.8 Å². The molecule has 3 rings (SSSR count). The van der Waals surface area contributed by atoms with Crippen LogP contribution in [0.3, 0.4) is 0 Å². The Labute approximate surface area is 112 Å². The number of nitrogens with zero attached hydrogens (tertiary/aromatic N) is 1. The number of hydrogen-bond donors (Lipinski definition) is 2. The largest absolute Gasteiger partial charge is 0.291 e. The molecule has 0 spiro atoms. The van der Waals surface area contributed by atoms with Gasteiger partial charge in [-0.1, -0.05) is 19.3 Å². The van der Waals surface area contributed by atoms with Crippen molar-refractivity contribution < 1.29 is 14.8 Å². The maximum absolute atomic E-state index is 12.5. The van der Waals surface area contributed by atoms with Gasteiger partial charge in [0.1, 0.15) is 0 Å². The van der Waals surface area contributed by atoms with E-state index in [2.05, 4.69) is 5.48 Å². The highest BCUT2D eigenvalue weighted by Gasteiger charge is 2.50. The summed E-state index contributed by atoms with van der Waals surface area (Å²) in [5.41, 5.74) is 2.79. The van der Waals surface area contributed by atoms with Gasteiger partial charge < -0.3 is 0 Å². The number of rotatable bonds is 2. The Hall–Kier alpha value is -1.36. The summed E-state index contributed by atoms with van der Waals surface area (Å²) in [6.45, 7) is 0. The molecular weight excluding hydrogens is 244 g/mol. The molecular formula is C14H20N2O3. The Morgan fingerprint density at radius 3 is 2.53 bits per heavy atom. The number of hydroxylamine groups is 1. The fourth-order valence-electron chi connectivity index (χ4n) is 3.67. The molecule has 0 bridgehead atoms. The second-order valence-electron chi connectivity index (χ2n) is 5.81. The molecule has 5 heteroatoms. The maximum atomic E-state index is 12.5.